The van der Waals surface area contributed by atoms with E-state index in [-0.39, 0.29) is 17.6 Å². The number of aliphatic hydroxyl groups is 1. The zero-order valence-electron chi connectivity index (χ0n) is 31.3. The number of carboxylic acids is 1. The van der Waals surface area contributed by atoms with Gasteiger partial charge in [-0.15, -0.1) is 0 Å². The highest BCUT2D eigenvalue weighted by atomic mass is 32.2. The van der Waals surface area contributed by atoms with Gasteiger partial charge in [-0.25, -0.2) is 0 Å². The molecule has 0 aromatic carbocycles. The Balaban J connectivity index is 6.20. The van der Waals surface area contributed by atoms with Crippen molar-refractivity contribution in [2.24, 2.45) is 22.3 Å². The maximum atomic E-state index is 13.6. The topological polar surface area (TPSA) is 335 Å². The van der Waals surface area contributed by atoms with Crippen LogP contribution < -0.4 is 43.4 Å². The highest BCUT2D eigenvalue weighted by molar-refractivity contribution is 7.98. The van der Waals surface area contributed by atoms with Crippen LogP contribution in [0.5, 0.6) is 0 Å². The first-order chi connectivity index (χ1) is 24.1. The Labute approximate surface area is 311 Å². The van der Waals surface area contributed by atoms with Gasteiger partial charge in [0.05, 0.1) is 25.0 Å². The van der Waals surface area contributed by atoms with E-state index in [9.17, 15) is 53.1 Å². The van der Waals surface area contributed by atoms with Crippen LogP contribution in [-0.4, -0.2) is 124 Å². The van der Waals surface area contributed by atoms with Crippen LogP contribution in [0.25, 0.3) is 0 Å². The minimum Gasteiger partial charge on any atom is -0.480 e. The zero-order valence-corrected chi connectivity index (χ0v) is 32.1. The van der Waals surface area contributed by atoms with Crippen molar-refractivity contribution in [3.05, 3.63) is 0 Å². The first kappa shape index (κ1) is 48.2. The number of primary amides is 2. The first-order valence-electron chi connectivity index (χ1n) is 16.4. The van der Waals surface area contributed by atoms with E-state index >= 15 is 0 Å². The van der Waals surface area contributed by atoms with Gasteiger partial charge < -0.3 is 53.6 Å². The number of hydrogen-bond donors (Lipinski definition) is 10. The van der Waals surface area contributed by atoms with Gasteiger partial charge in [-0.05, 0) is 31.9 Å². The van der Waals surface area contributed by atoms with Crippen molar-refractivity contribution in [2.45, 2.75) is 104 Å². The average Bonchev–Trinajstić information content (AvgIpc) is 3.00. The minimum absolute atomic E-state index is 0.0674. The molecule has 0 fully saturated rings. The average molecular weight is 775 g/mol. The molecule has 20 nitrogen and oxygen atoms in total. The number of hydrogen-bond acceptors (Lipinski definition) is 12. The molecule has 0 radical (unpaired) electrons. The molecular weight excluding hydrogens is 720 g/mol. The van der Waals surface area contributed by atoms with Crippen LogP contribution >= 0.6 is 11.8 Å². The Hall–Kier alpha value is -4.79. The number of carbonyl (C=O) groups excluding carboxylic acids is 9. The molecule has 0 saturated heterocycles. The molecule has 12 N–H and O–H groups in total. The maximum Gasteiger partial charge on any atom is 0.322 e. The summed E-state index contributed by atoms with van der Waals surface area (Å²) >= 11 is 1.27. The van der Waals surface area contributed by atoms with Crippen molar-refractivity contribution >= 4 is 70.8 Å². The molecule has 0 spiro atoms. The van der Waals surface area contributed by atoms with Crippen molar-refractivity contribution in [1.29, 1.82) is 0 Å². The number of amides is 8. The molecule has 8 amide bonds. The van der Waals surface area contributed by atoms with E-state index in [0.717, 1.165) is 13.8 Å². The lowest BCUT2D eigenvalue weighted by molar-refractivity contribution is -0.140. The summed E-state index contributed by atoms with van der Waals surface area (Å²) in [5, 5.41) is 32.9. The molecule has 53 heavy (non-hydrogen) atoms. The Morgan fingerprint density at radius 2 is 1.15 bits per heavy atom. The molecule has 0 saturated carbocycles. The number of thioether (sulfide) groups is 1. The fourth-order valence-corrected chi connectivity index (χ4v) is 5.48. The van der Waals surface area contributed by atoms with Crippen molar-refractivity contribution in [3.8, 4) is 0 Å². The van der Waals surface area contributed by atoms with E-state index in [0.29, 0.717) is 6.42 Å². The Morgan fingerprint density at radius 1 is 0.660 bits per heavy atom. The summed E-state index contributed by atoms with van der Waals surface area (Å²) in [5.74, 6) is -10.5. The Kier molecular flexibility index (Phi) is 19.1. The molecule has 0 bridgehead atoms. The SMILES string of the molecule is CSCC(C)(C)[C@H](NC(=O)[C@H](CC(N)=O)NC(=O)[C@@H](NC(=O)CNC(=O)C(=O)CCC(C)(C)C)C(C)(C)O)C(=O)N[C@@H](CC(N)=O)C(=O)NCC(=O)O. The van der Waals surface area contributed by atoms with E-state index in [1.165, 1.54) is 11.8 Å². The number of nitrogens with two attached hydrogens (primary N) is 2. The van der Waals surface area contributed by atoms with E-state index in [2.05, 4.69) is 26.6 Å². The van der Waals surface area contributed by atoms with Crippen molar-refractivity contribution in [1.82, 2.24) is 31.9 Å². The number of Topliss-reactive ketones (excluding diaryl/α,β-unsaturated/α-hetero) is 1. The van der Waals surface area contributed by atoms with Gasteiger partial charge in [0.25, 0.3) is 5.91 Å². The van der Waals surface area contributed by atoms with E-state index in [1.807, 2.05) is 26.1 Å². The summed E-state index contributed by atoms with van der Waals surface area (Å²) < 4.78 is 0. The van der Waals surface area contributed by atoms with Crippen molar-refractivity contribution in [2.75, 3.05) is 25.1 Å². The molecular formula is C32H54N8O12S. The molecule has 0 rings (SSSR count). The van der Waals surface area contributed by atoms with E-state index < -0.39 is 120 Å². The molecule has 21 heteroatoms. The molecule has 0 aliphatic rings. The number of ketones is 1. The standard InChI is InChI=1S/C32H54N8O12S/c1-30(2,3)10-9-18(41)27(49)35-13-21(44)39-24(32(6,7)52)29(51)38-17(12-20(34)43)26(48)40-23(31(4,5)15-53-8)28(50)37-16(11-19(33)42)25(47)36-14-22(45)46/h16-17,23-24,52H,9-15H2,1-8H3,(H2,33,42)(H2,34,43)(H,35,49)(H,36,47)(H,37,50)(H,38,51)(H,39,44)(H,40,48)(H,45,46)/t16-,17-,23+,24+/m0/s1. The lowest BCUT2D eigenvalue weighted by Gasteiger charge is -2.35. The minimum atomic E-state index is -2.00. The molecule has 300 valence electrons. The Morgan fingerprint density at radius 3 is 1.58 bits per heavy atom. The van der Waals surface area contributed by atoms with Gasteiger partial charge in [0.1, 0.15) is 30.7 Å². The smallest absolute Gasteiger partial charge is 0.322 e. The van der Waals surface area contributed by atoms with Crippen LogP contribution in [0, 0.1) is 10.8 Å². The lowest BCUT2D eigenvalue weighted by Crippen LogP contribution is -2.64. The third-order valence-corrected chi connectivity index (χ3v) is 8.41. The van der Waals surface area contributed by atoms with Crippen LogP contribution in [0.1, 0.15) is 74.1 Å². The van der Waals surface area contributed by atoms with Crippen LogP contribution in [-0.2, 0) is 47.9 Å². The quantitative estimate of drug-likeness (QED) is 0.0452. The van der Waals surface area contributed by atoms with E-state index in [1.54, 1.807) is 20.1 Å². The van der Waals surface area contributed by atoms with Gasteiger partial charge in [0.2, 0.25) is 47.1 Å². The van der Waals surface area contributed by atoms with Crippen LogP contribution in [0.15, 0.2) is 0 Å². The van der Waals surface area contributed by atoms with Gasteiger partial charge in [-0.2, -0.15) is 11.8 Å². The highest BCUT2D eigenvalue weighted by Crippen LogP contribution is 2.26. The third kappa shape index (κ3) is 19.0. The van der Waals surface area contributed by atoms with Gasteiger partial charge >= 0.3 is 5.97 Å². The van der Waals surface area contributed by atoms with Crippen LogP contribution in [0.2, 0.25) is 0 Å². The number of carboxylic acid groups (broad SMARTS) is 1. The molecule has 0 heterocycles. The summed E-state index contributed by atoms with van der Waals surface area (Å²) in [6, 6.07) is -6.75. The maximum absolute atomic E-state index is 13.6. The normalized spacial score (nSPS) is 13.9. The summed E-state index contributed by atoms with van der Waals surface area (Å²) in [6.07, 6.45) is 0.486. The summed E-state index contributed by atoms with van der Waals surface area (Å²) in [6.45, 7) is 9.49. The summed E-state index contributed by atoms with van der Waals surface area (Å²) in [7, 11) is 0. The first-order valence-corrected chi connectivity index (χ1v) is 17.8. The second-order valence-electron chi connectivity index (χ2n) is 14.8. The molecule has 4 atom stereocenters. The van der Waals surface area contributed by atoms with Crippen LogP contribution in [0.3, 0.4) is 0 Å². The highest BCUT2D eigenvalue weighted by Gasteiger charge is 2.41. The van der Waals surface area contributed by atoms with Crippen LogP contribution in [0.4, 0.5) is 0 Å². The second kappa shape index (κ2) is 21.0. The monoisotopic (exact) mass is 774 g/mol. The summed E-state index contributed by atoms with van der Waals surface area (Å²) in [4.78, 5) is 125. The van der Waals surface area contributed by atoms with E-state index in [4.69, 9.17) is 16.6 Å². The molecule has 0 aliphatic carbocycles. The zero-order chi connectivity index (χ0) is 41.5. The van der Waals surface area contributed by atoms with Crippen molar-refractivity contribution in [3.63, 3.8) is 0 Å². The van der Waals surface area contributed by atoms with Gasteiger partial charge in [-0.3, -0.25) is 47.9 Å². The predicted molar refractivity (Wildman–Crippen MR) is 191 cm³/mol. The van der Waals surface area contributed by atoms with Gasteiger partial charge in [-0.1, -0.05) is 34.6 Å². The fourth-order valence-electron chi connectivity index (χ4n) is 4.57. The van der Waals surface area contributed by atoms with Gasteiger partial charge in [0.15, 0.2) is 0 Å². The molecule has 0 aromatic heterocycles. The third-order valence-electron chi connectivity index (χ3n) is 7.38. The van der Waals surface area contributed by atoms with Gasteiger partial charge in [0, 0.05) is 17.6 Å². The molecule has 0 aromatic rings. The number of rotatable bonds is 23. The lowest BCUT2D eigenvalue weighted by atomic mass is 9.85. The fraction of sp³-hybridized carbons (Fsp3) is 0.688. The molecule has 0 aliphatic heterocycles. The summed E-state index contributed by atoms with van der Waals surface area (Å²) in [5.41, 5.74) is 7.22. The Bertz CT molecular complexity index is 1410. The second-order valence-corrected chi connectivity index (χ2v) is 15.6. The predicted octanol–water partition coefficient (Wildman–Crippen LogP) is -3.45. The number of carbonyl (C=O) groups is 10. The largest absolute Gasteiger partial charge is 0.480 e. The number of nitrogens with one attached hydrogen (secondary N) is 6. The molecule has 0 unspecified atom stereocenters. The number of aliphatic carboxylic acids is 1. The van der Waals surface area contributed by atoms with Crippen molar-refractivity contribution < 1.29 is 58.2 Å².